The van der Waals surface area contributed by atoms with Crippen LogP contribution in [0.1, 0.15) is 53.5 Å². The molecule has 38 heavy (non-hydrogen) atoms. The lowest BCUT2D eigenvalue weighted by Gasteiger charge is -2.26. The monoisotopic (exact) mass is 531 g/mol. The van der Waals surface area contributed by atoms with Gasteiger partial charge in [0, 0.05) is 12.6 Å². The Morgan fingerprint density at radius 3 is 1.97 bits per heavy atom. The van der Waals surface area contributed by atoms with Crippen LogP contribution in [0.3, 0.4) is 0 Å². The summed E-state index contributed by atoms with van der Waals surface area (Å²) in [6.45, 7) is 11.2. The molecule has 0 fully saturated rings. The molecule has 1 heterocycles. The fraction of sp³-hybridized carbons (Fsp3) is 0.267. The molecule has 0 aliphatic heterocycles. The standard InChI is InChI=1S/C30H33N3O4S/c1-20-18-24(30(4,5)6)19-26(21(20)2)38(36,37)33(28(34)23-14-10-8-11-15-23)27-22(3)31(7)32(29(27)35)25-16-12-9-13-17-25/h8-19H,1-7H3. The van der Waals surface area contributed by atoms with Crippen LogP contribution in [-0.4, -0.2) is 23.7 Å². The van der Waals surface area contributed by atoms with Gasteiger partial charge in [-0.05, 0) is 73.2 Å². The van der Waals surface area contributed by atoms with Gasteiger partial charge in [0.05, 0.1) is 16.3 Å². The molecule has 0 atom stereocenters. The van der Waals surface area contributed by atoms with Crippen molar-refractivity contribution in [3.63, 3.8) is 0 Å². The highest BCUT2D eigenvalue weighted by Gasteiger charge is 2.38. The Bertz CT molecular complexity index is 1680. The molecule has 0 aliphatic carbocycles. The molecule has 198 valence electrons. The first kappa shape index (κ1) is 27.1. The van der Waals surface area contributed by atoms with Gasteiger partial charge in [-0.15, -0.1) is 0 Å². The predicted octanol–water partition coefficient (Wildman–Crippen LogP) is 5.43. The molecule has 0 N–H and O–H groups in total. The Kier molecular flexibility index (Phi) is 6.97. The lowest BCUT2D eigenvalue weighted by atomic mass is 9.85. The largest absolute Gasteiger partial charge is 0.296 e. The minimum absolute atomic E-state index is 0.000574. The maximum atomic E-state index is 14.5. The first-order valence-corrected chi connectivity index (χ1v) is 13.8. The number of sulfonamides is 1. The van der Waals surface area contributed by atoms with Crippen LogP contribution in [0, 0.1) is 20.8 Å². The zero-order chi connectivity index (χ0) is 28.0. The van der Waals surface area contributed by atoms with E-state index in [-0.39, 0.29) is 21.6 Å². The van der Waals surface area contributed by atoms with Crippen molar-refractivity contribution in [2.45, 2.75) is 51.9 Å². The van der Waals surface area contributed by atoms with Crippen molar-refractivity contribution in [3.05, 3.63) is 111 Å². The highest BCUT2D eigenvalue weighted by atomic mass is 32.2. The maximum Gasteiger partial charge on any atom is 0.296 e. The molecule has 1 amide bonds. The topological polar surface area (TPSA) is 81.4 Å². The first-order valence-electron chi connectivity index (χ1n) is 12.4. The van der Waals surface area contributed by atoms with Crippen LogP contribution in [0.25, 0.3) is 5.69 Å². The molecule has 3 aromatic carbocycles. The zero-order valence-electron chi connectivity index (χ0n) is 22.8. The summed E-state index contributed by atoms with van der Waals surface area (Å²) in [7, 11) is -2.84. The van der Waals surface area contributed by atoms with E-state index in [2.05, 4.69) is 0 Å². The first-order chi connectivity index (χ1) is 17.8. The summed E-state index contributed by atoms with van der Waals surface area (Å²) in [4.78, 5) is 27.9. The van der Waals surface area contributed by atoms with Crippen molar-refractivity contribution in [2.24, 2.45) is 7.05 Å². The number of hydrogen-bond acceptors (Lipinski definition) is 4. The summed E-state index contributed by atoms with van der Waals surface area (Å²) in [5, 5.41) is 0. The average Bonchev–Trinajstić information content (AvgIpc) is 3.09. The molecule has 0 saturated carbocycles. The van der Waals surface area contributed by atoms with Gasteiger partial charge in [0.25, 0.3) is 21.5 Å². The number of aromatic nitrogens is 2. The highest BCUT2D eigenvalue weighted by Crippen LogP contribution is 2.33. The molecule has 4 aromatic rings. The normalized spacial score (nSPS) is 12.0. The highest BCUT2D eigenvalue weighted by molar-refractivity contribution is 7.93. The SMILES string of the molecule is Cc1cc(C(C)(C)C)cc(S(=O)(=O)N(C(=O)c2ccccc2)c2c(C)n(C)n(-c3ccccc3)c2=O)c1C. The third-order valence-corrected chi connectivity index (χ3v) is 8.75. The number of carbonyl (C=O) groups excluding carboxylic acids is 1. The number of benzene rings is 3. The van der Waals surface area contributed by atoms with E-state index >= 15 is 0 Å². The van der Waals surface area contributed by atoms with Gasteiger partial charge in [-0.25, -0.2) is 13.1 Å². The Hall–Kier alpha value is -3.91. The molecule has 0 spiro atoms. The van der Waals surface area contributed by atoms with E-state index < -0.39 is 21.5 Å². The second-order valence-corrected chi connectivity index (χ2v) is 12.3. The third kappa shape index (κ3) is 4.60. The lowest BCUT2D eigenvalue weighted by Crippen LogP contribution is -2.40. The van der Waals surface area contributed by atoms with Crippen LogP contribution in [-0.2, 0) is 22.5 Å². The summed E-state index contributed by atoms with van der Waals surface area (Å²) < 4.78 is 32.6. The van der Waals surface area contributed by atoms with E-state index in [4.69, 9.17) is 0 Å². The second-order valence-electron chi connectivity index (χ2n) is 10.5. The molecule has 0 bridgehead atoms. The molecule has 0 saturated heterocycles. The third-order valence-electron chi connectivity index (χ3n) is 6.94. The van der Waals surface area contributed by atoms with E-state index in [1.807, 2.05) is 39.8 Å². The van der Waals surface area contributed by atoms with Gasteiger partial charge in [0.1, 0.15) is 5.69 Å². The van der Waals surface area contributed by atoms with E-state index in [0.717, 1.165) is 11.1 Å². The molecule has 0 unspecified atom stereocenters. The summed E-state index contributed by atoms with van der Waals surface area (Å²) in [6.07, 6.45) is 0. The number of aryl methyl sites for hydroxylation is 1. The molecular weight excluding hydrogens is 498 g/mol. The molecule has 4 rings (SSSR count). The van der Waals surface area contributed by atoms with E-state index in [0.29, 0.717) is 21.2 Å². The number of carbonyl (C=O) groups is 1. The Labute approximate surface area is 224 Å². The van der Waals surface area contributed by atoms with Crippen LogP contribution >= 0.6 is 0 Å². The zero-order valence-corrected chi connectivity index (χ0v) is 23.6. The van der Waals surface area contributed by atoms with E-state index in [9.17, 15) is 18.0 Å². The summed E-state index contributed by atoms with van der Waals surface area (Å²) >= 11 is 0. The fourth-order valence-corrected chi connectivity index (χ4v) is 6.24. The molecule has 0 aliphatic rings. The van der Waals surface area contributed by atoms with Crippen LogP contribution < -0.4 is 9.86 Å². The van der Waals surface area contributed by atoms with Crippen LogP contribution in [0.5, 0.6) is 0 Å². The van der Waals surface area contributed by atoms with E-state index in [1.165, 1.54) is 4.68 Å². The van der Waals surface area contributed by atoms with E-state index in [1.54, 1.807) is 86.2 Å². The number of amides is 1. The summed E-state index contributed by atoms with van der Waals surface area (Å²) in [5.74, 6) is -0.796. The van der Waals surface area contributed by atoms with Crippen LogP contribution in [0.4, 0.5) is 5.69 Å². The second kappa shape index (κ2) is 9.76. The molecular formula is C30H33N3O4S. The molecule has 8 heteroatoms. The van der Waals surface area contributed by atoms with Crippen molar-refractivity contribution < 1.29 is 13.2 Å². The van der Waals surface area contributed by atoms with Gasteiger partial charge in [0.2, 0.25) is 0 Å². The van der Waals surface area contributed by atoms with Crippen molar-refractivity contribution in [3.8, 4) is 5.69 Å². The smallest absolute Gasteiger partial charge is 0.283 e. The van der Waals surface area contributed by atoms with Crippen molar-refractivity contribution >= 4 is 21.6 Å². The predicted molar refractivity (Wildman–Crippen MR) is 151 cm³/mol. The lowest BCUT2D eigenvalue weighted by molar-refractivity contribution is 0.100. The Morgan fingerprint density at radius 1 is 0.868 bits per heavy atom. The van der Waals surface area contributed by atoms with Crippen LogP contribution in [0.2, 0.25) is 0 Å². The van der Waals surface area contributed by atoms with Gasteiger partial charge < -0.3 is 0 Å². The van der Waals surface area contributed by atoms with Crippen molar-refractivity contribution in [1.29, 1.82) is 0 Å². The molecule has 1 aromatic heterocycles. The average molecular weight is 532 g/mol. The number of nitrogens with zero attached hydrogens (tertiary/aromatic N) is 3. The quantitative estimate of drug-likeness (QED) is 0.344. The minimum Gasteiger partial charge on any atom is -0.283 e. The maximum absolute atomic E-state index is 14.5. The Morgan fingerprint density at radius 2 is 1.42 bits per heavy atom. The van der Waals surface area contributed by atoms with Gasteiger partial charge in [0.15, 0.2) is 0 Å². The van der Waals surface area contributed by atoms with Gasteiger partial charge in [-0.1, -0.05) is 63.2 Å². The molecule has 7 nitrogen and oxygen atoms in total. The molecule has 0 radical (unpaired) electrons. The van der Waals surface area contributed by atoms with Gasteiger partial charge in [-0.2, -0.15) is 4.31 Å². The fourth-order valence-electron chi connectivity index (χ4n) is 4.44. The minimum atomic E-state index is -4.51. The number of rotatable bonds is 5. The van der Waals surface area contributed by atoms with Crippen molar-refractivity contribution in [1.82, 2.24) is 9.36 Å². The number of anilines is 1. The number of hydrogen-bond donors (Lipinski definition) is 0. The van der Waals surface area contributed by atoms with Gasteiger partial charge >= 0.3 is 0 Å². The Balaban J connectivity index is 2.07. The van der Waals surface area contributed by atoms with Crippen LogP contribution in [0.15, 0.2) is 82.5 Å². The van der Waals surface area contributed by atoms with Gasteiger partial charge in [-0.3, -0.25) is 14.3 Å². The number of para-hydroxylation sites is 1. The van der Waals surface area contributed by atoms with Crippen molar-refractivity contribution in [2.75, 3.05) is 4.31 Å². The summed E-state index contributed by atoms with van der Waals surface area (Å²) in [5.41, 5.74) is 2.04. The summed E-state index contributed by atoms with van der Waals surface area (Å²) in [6, 6.07) is 20.7.